The van der Waals surface area contributed by atoms with Crippen LogP contribution in [-0.4, -0.2) is 35.9 Å². The highest BCUT2D eigenvalue weighted by molar-refractivity contribution is 5.80. The number of amidine groups is 1. The van der Waals surface area contributed by atoms with Gasteiger partial charge in [0, 0.05) is 13.0 Å². The maximum Gasteiger partial charge on any atom is 0.207 e. The molecule has 0 aliphatic carbocycles. The van der Waals surface area contributed by atoms with Gasteiger partial charge in [0.1, 0.15) is 19.3 Å². The Labute approximate surface area is 203 Å². The first-order valence-corrected chi connectivity index (χ1v) is 13.8. The molecule has 1 rings (SSSR count). The molecule has 0 saturated heterocycles. The van der Waals surface area contributed by atoms with Gasteiger partial charge in [-0.2, -0.15) is 0 Å². The third-order valence-electron chi connectivity index (χ3n) is 6.69. The van der Waals surface area contributed by atoms with E-state index in [9.17, 15) is 9.90 Å². The maximum absolute atomic E-state index is 11.2. The quantitative estimate of drug-likeness (QED) is 0.115. The van der Waals surface area contributed by atoms with Crippen molar-refractivity contribution < 1.29 is 14.4 Å². The van der Waals surface area contributed by atoms with E-state index >= 15 is 0 Å². The molecule has 1 aliphatic heterocycles. The van der Waals surface area contributed by atoms with Crippen molar-refractivity contribution in [3.05, 3.63) is 24.6 Å². The first-order chi connectivity index (χ1) is 16.1. The molecule has 5 heteroatoms. The van der Waals surface area contributed by atoms with Gasteiger partial charge < -0.3 is 15.6 Å². The minimum atomic E-state index is -1.05. The Morgan fingerprint density at radius 1 is 0.879 bits per heavy atom. The summed E-state index contributed by atoms with van der Waals surface area (Å²) >= 11 is 0. The number of allylic oxidation sites excluding steroid dienone is 2. The first kappa shape index (κ1) is 29.6. The van der Waals surface area contributed by atoms with Crippen molar-refractivity contribution in [1.82, 2.24) is 0 Å². The second-order valence-corrected chi connectivity index (χ2v) is 9.67. The summed E-state index contributed by atoms with van der Waals surface area (Å²) in [5, 5.41) is 11.2. The summed E-state index contributed by atoms with van der Waals surface area (Å²) in [5.41, 5.74) is 5.71. The first-order valence-electron chi connectivity index (χ1n) is 13.8. The molecule has 0 fully saturated rings. The Morgan fingerprint density at radius 3 is 1.91 bits per heavy atom. The van der Waals surface area contributed by atoms with Crippen molar-refractivity contribution in [3.8, 4) is 0 Å². The number of hydrogen-bond donors (Lipinski definition) is 1. The average Bonchev–Trinajstić information content (AvgIpc) is 3.16. The van der Waals surface area contributed by atoms with E-state index in [1.165, 1.54) is 103 Å². The van der Waals surface area contributed by atoms with Crippen LogP contribution in [-0.2, 0) is 4.79 Å². The summed E-state index contributed by atoms with van der Waals surface area (Å²) in [6, 6.07) is 0. The number of carbonyl (C=O) groups excluding carboxylic acids is 1. The Balaban J connectivity index is 1.91. The molecule has 0 aromatic carbocycles. The van der Waals surface area contributed by atoms with Gasteiger partial charge in [-0.3, -0.25) is 0 Å². The average molecular weight is 462 g/mol. The van der Waals surface area contributed by atoms with E-state index in [0.29, 0.717) is 13.1 Å². The molecule has 0 aromatic rings. The lowest BCUT2D eigenvalue weighted by Gasteiger charge is -2.32. The number of nitrogens with two attached hydrogens (primary N) is 1. The molecule has 1 atom stereocenters. The normalized spacial score (nSPS) is 17.8. The van der Waals surface area contributed by atoms with Crippen molar-refractivity contribution in [2.75, 3.05) is 19.6 Å². The summed E-state index contributed by atoms with van der Waals surface area (Å²) in [6.45, 7) is 3.19. The van der Waals surface area contributed by atoms with Crippen LogP contribution in [0.4, 0.5) is 0 Å². The second kappa shape index (κ2) is 20.0. The number of aliphatic imine (C=N–C) groups is 1. The van der Waals surface area contributed by atoms with Gasteiger partial charge in [0.15, 0.2) is 0 Å². The number of nitrogens with zero attached hydrogens (tertiary/aromatic N) is 2. The molecular formula is C28H51N3O2. The lowest BCUT2D eigenvalue weighted by molar-refractivity contribution is -0.780. The number of aliphatic carboxylic acids is 1. The number of carboxylic acids is 1. The van der Waals surface area contributed by atoms with Crippen molar-refractivity contribution in [3.63, 3.8) is 0 Å². The van der Waals surface area contributed by atoms with Gasteiger partial charge >= 0.3 is 0 Å². The second-order valence-electron chi connectivity index (χ2n) is 9.67. The molecule has 5 nitrogen and oxygen atoms in total. The monoisotopic (exact) mass is 461 g/mol. The van der Waals surface area contributed by atoms with E-state index in [4.69, 9.17) is 5.73 Å². The summed E-state index contributed by atoms with van der Waals surface area (Å²) in [5.74, 6) is -0.124. The van der Waals surface area contributed by atoms with Crippen LogP contribution in [0.5, 0.6) is 0 Å². The van der Waals surface area contributed by atoms with Crippen LogP contribution in [0.15, 0.2) is 29.5 Å². The molecule has 1 unspecified atom stereocenters. The van der Waals surface area contributed by atoms with E-state index in [-0.39, 0.29) is 11.0 Å². The van der Waals surface area contributed by atoms with Gasteiger partial charge in [-0.05, 0) is 25.7 Å². The highest BCUT2D eigenvalue weighted by Gasteiger charge is 2.34. The van der Waals surface area contributed by atoms with Gasteiger partial charge in [0.05, 0.1) is 12.2 Å². The molecule has 0 bridgehead atoms. The van der Waals surface area contributed by atoms with Crippen LogP contribution in [0.3, 0.4) is 0 Å². The Bertz CT molecular complexity index is 586. The number of carbonyl (C=O) groups is 1. The Morgan fingerprint density at radius 2 is 1.39 bits per heavy atom. The zero-order chi connectivity index (χ0) is 24.0. The van der Waals surface area contributed by atoms with Crippen LogP contribution in [0.25, 0.3) is 0 Å². The topological polar surface area (TPSA) is 78.5 Å². The lowest BCUT2D eigenvalue weighted by atomic mass is 10.0. The molecular weight excluding hydrogens is 410 g/mol. The summed E-state index contributed by atoms with van der Waals surface area (Å²) in [7, 11) is 0. The largest absolute Gasteiger partial charge is 0.544 e. The van der Waals surface area contributed by atoms with Crippen LogP contribution in [0.1, 0.15) is 122 Å². The fourth-order valence-electron chi connectivity index (χ4n) is 4.67. The van der Waals surface area contributed by atoms with E-state index in [0.717, 1.165) is 18.7 Å². The maximum atomic E-state index is 11.2. The zero-order valence-corrected chi connectivity index (χ0v) is 21.4. The molecule has 1 heterocycles. The summed E-state index contributed by atoms with van der Waals surface area (Å²) in [6.07, 6.45) is 31.5. The van der Waals surface area contributed by atoms with Crippen LogP contribution >= 0.6 is 0 Å². The van der Waals surface area contributed by atoms with Gasteiger partial charge in [0.25, 0.3) is 0 Å². The fraction of sp³-hybridized carbons (Fsp3) is 0.786. The van der Waals surface area contributed by atoms with Crippen molar-refractivity contribution >= 4 is 11.8 Å². The van der Waals surface area contributed by atoms with Gasteiger partial charge in [-0.25, -0.2) is 9.48 Å². The summed E-state index contributed by atoms with van der Waals surface area (Å²) in [4.78, 5) is 15.6. The van der Waals surface area contributed by atoms with Gasteiger partial charge in [0.2, 0.25) is 5.84 Å². The Hall–Kier alpha value is -1.46. The molecule has 0 radical (unpaired) electrons. The summed E-state index contributed by atoms with van der Waals surface area (Å²) < 4.78 is 0.245. The van der Waals surface area contributed by atoms with Crippen molar-refractivity contribution in [1.29, 1.82) is 0 Å². The van der Waals surface area contributed by atoms with Gasteiger partial charge in [-0.1, -0.05) is 103 Å². The molecule has 33 heavy (non-hydrogen) atoms. The molecule has 1 aliphatic rings. The lowest BCUT2D eigenvalue weighted by Crippen LogP contribution is -2.55. The molecule has 190 valence electrons. The van der Waals surface area contributed by atoms with Crippen molar-refractivity contribution in [2.45, 2.75) is 122 Å². The van der Waals surface area contributed by atoms with E-state index < -0.39 is 5.97 Å². The van der Waals surface area contributed by atoms with Crippen molar-refractivity contribution in [2.24, 2.45) is 10.7 Å². The highest BCUT2D eigenvalue weighted by atomic mass is 16.4. The predicted octanol–water partition coefficient (Wildman–Crippen LogP) is 5.99. The standard InChI is InChI=1S/C28H51N3O2/c1-2-3-4-5-6-7-8-9-10-11-12-13-14-15-16-17-18-19-20-21-27-30-23-25-31(27,24-22-29)26-28(32)33/h5-6,23,25H,2-4,7-22,24,26,29H2,1H3/b6-5+. The van der Waals surface area contributed by atoms with Gasteiger partial charge in [-0.15, -0.1) is 0 Å². The highest BCUT2D eigenvalue weighted by Crippen LogP contribution is 2.21. The smallest absolute Gasteiger partial charge is 0.207 e. The van der Waals surface area contributed by atoms with Crippen LogP contribution in [0, 0.1) is 0 Å². The number of rotatable bonds is 23. The Kier molecular flexibility index (Phi) is 17.9. The van der Waals surface area contributed by atoms with Crippen LogP contribution < -0.4 is 10.8 Å². The van der Waals surface area contributed by atoms with E-state index in [1.807, 2.05) is 6.20 Å². The number of carboxylic acid groups (broad SMARTS) is 1. The number of quaternary nitrogens is 1. The molecule has 0 saturated carbocycles. The van der Waals surface area contributed by atoms with E-state index in [2.05, 4.69) is 24.1 Å². The van der Waals surface area contributed by atoms with E-state index in [1.54, 1.807) is 6.20 Å². The molecule has 0 amide bonds. The minimum Gasteiger partial charge on any atom is -0.544 e. The third-order valence-corrected chi connectivity index (χ3v) is 6.69. The number of hydrogen-bond acceptors (Lipinski definition) is 4. The fourth-order valence-corrected chi connectivity index (χ4v) is 4.67. The predicted molar refractivity (Wildman–Crippen MR) is 139 cm³/mol. The minimum absolute atomic E-state index is 0.0665. The number of unbranched alkanes of at least 4 members (excludes halogenated alkanes) is 15. The zero-order valence-electron chi connectivity index (χ0n) is 21.4. The molecule has 0 aromatic heterocycles. The van der Waals surface area contributed by atoms with Crippen LogP contribution in [0.2, 0.25) is 0 Å². The SMILES string of the molecule is CCCC/C=C/CCCCCCCCCCCCCCCC1=NC=C[N+]1(CCN)CC(=O)[O-]. The molecule has 0 spiro atoms. The third kappa shape index (κ3) is 14.4. The molecule has 2 N–H and O–H groups in total.